The van der Waals surface area contributed by atoms with Gasteiger partial charge in [0.1, 0.15) is 11.6 Å². The predicted octanol–water partition coefficient (Wildman–Crippen LogP) is 3.25. The molecule has 3 heterocycles. The van der Waals surface area contributed by atoms with Crippen molar-refractivity contribution in [1.29, 1.82) is 0 Å². The van der Waals surface area contributed by atoms with Crippen LogP contribution < -0.4 is 0 Å². The maximum atomic E-state index is 4.61. The molecule has 3 aliphatic rings. The molecule has 0 spiro atoms. The van der Waals surface area contributed by atoms with Gasteiger partial charge in [-0.25, -0.2) is 0 Å². The molecule has 0 radical (unpaired) electrons. The van der Waals surface area contributed by atoms with Gasteiger partial charge in [-0.2, -0.15) is 0 Å². The molecule has 0 bridgehead atoms. The van der Waals surface area contributed by atoms with Gasteiger partial charge in [0.25, 0.3) is 0 Å². The van der Waals surface area contributed by atoms with Crippen LogP contribution in [-0.4, -0.2) is 32.3 Å². The Morgan fingerprint density at radius 3 is 2.81 bits per heavy atom. The molecular weight excluding hydrogens is 260 g/mol. The van der Waals surface area contributed by atoms with Crippen molar-refractivity contribution in [2.75, 3.05) is 6.54 Å². The third-order valence-corrected chi connectivity index (χ3v) is 5.39. The summed E-state index contributed by atoms with van der Waals surface area (Å²) in [6, 6.07) is 1.12. The maximum absolute atomic E-state index is 4.61. The van der Waals surface area contributed by atoms with Gasteiger partial charge in [-0.15, -0.1) is 10.2 Å². The van der Waals surface area contributed by atoms with Crippen molar-refractivity contribution in [3.8, 4) is 0 Å². The molecule has 0 N–H and O–H groups in total. The minimum atomic E-state index is 0.492. The van der Waals surface area contributed by atoms with E-state index in [9.17, 15) is 0 Å². The van der Waals surface area contributed by atoms with Crippen molar-refractivity contribution in [2.24, 2.45) is 0 Å². The van der Waals surface area contributed by atoms with Gasteiger partial charge >= 0.3 is 0 Å². The lowest BCUT2D eigenvalue weighted by molar-refractivity contribution is 0.0997. The smallest absolute Gasteiger partial charge is 0.150 e. The number of nitrogens with zero attached hydrogens (tertiary/aromatic N) is 4. The molecule has 0 unspecified atom stereocenters. The number of fused-ring (bicyclic) bond motifs is 1. The lowest BCUT2D eigenvalue weighted by Gasteiger charge is -2.40. The zero-order chi connectivity index (χ0) is 14.1. The van der Waals surface area contributed by atoms with Gasteiger partial charge in [0.2, 0.25) is 0 Å². The van der Waals surface area contributed by atoms with Crippen LogP contribution in [0.1, 0.15) is 69.1 Å². The molecule has 4 rings (SSSR count). The molecule has 1 aromatic rings. The van der Waals surface area contributed by atoms with Crippen LogP contribution in [0.25, 0.3) is 0 Å². The number of aryl methyl sites for hydroxylation is 1. The molecule has 114 valence electrons. The molecule has 1 aromatic heterocycles. The first-order valence-corrected chi connectivity index (χ1v) is 8.78. The van der Waals surface area contributed by atoms with E-state index in [0.717, 1.165) is 13.0 Å². The number of hydrogen-bond donors (Lipinski definition) is 0. The number of likely N-dealkylation sites (tertiary alicyclic amines) is 1. The largest absolute Gasteiger partial charge is 0.314 e. The molecule has 2 aliphatic heterocycles. The van der Waals surface area contributed by atoms with Gasteiger partial charge in [-0.05, 0) is 51.5 Å². The van der Waals surface area contributed by atoms with Crippen molar-refractivity contribution in [2.45, 2.75) is 76.4 Å². The van der Waals surface area contributed by atoms with Crippen LogP contribution in [-0.2, 0) is 13.0 Å². The van der Waals surface area contributed by atoms with Crippen LogP contribution in [0.3, 0.4) is 0 Å². The fourth-order valence-electron chi connectivity index (χ4n) is 4.28. The topological polar surface area (TPSA) is 34.0 Å². The van der Waals surface area contributed by atoms with E-state index in [2.05, 4.69) is 31.8 Å². The van der Waals surface area contributed by atoms with Crippen molar-refractivity contribution in [3.63, 3.8) is 0 Å². The number of rotatable bonds is 2. The maximum Gasteiger partial charge on any atom is 0.150 e. The SMILES string of the molecule is C1=C[C@@H](N2CCCC[C@H]2c2nnc3n2CCCC3)CCC1. The van der Waals surface area contributed by atoms with Crippen LogP contribution in [0.15, 0.2) is 12.2 Å². The number of hydrogen-bond acceptors (Lipinski definition) is 3. The summed E-state index contributed by atoms with van der Waals surface area (Å²) in [5, 5.41) is 9.09. The van der Waals surface area contributed by atoms with E-state index in [0.29, 0.717) is 12.1 Å². The van der Waals surface area contributed by atoms with Crippen molar-refractivity contribution in [1.82, 2.24) is 19.7 Å². The highest BCUT2D eigenvalue weighted by Crippen LogP contribution is 2.35. The lowest BCUT2D eigenvalue weighted by atomic mass is 9.94. The second-order valence-corrected chi connectivity index (χ2v) is 6.76. The average Bonchev–Trinajstić information content (AvgIpc) is 3.00. The van der Waals surface area contributed by atoms with Gasteiger partial charge < -0.3 is 4.57 Å². The summed E-state index contributed by atoms with van der Waals surface area (Å²) in [6.07, 6.45) is 16.3. The molecule has 21 heavy (non-hydrogen) atoms. The first-order chi connectivity index (χ1) is 10.4. The van der Waals surface area contributed by atoms with Crippen LogP contribution in [0.5, 0.6) is 0 Å². The monoisotopic (exact) mass is 286 g/mol. The molecule has 0 amide bonds. The standard InChI is InChI=1S/C17H26N4/c1-2-8-14(9-3-1)20-12-6-4-10-15(20)17-19-18-16-11-5-7-13-21(16)17/h2,8,14-15H,1,3-7,9-13H2/t14-,15+/m1/s1. The Balaban J connectivity index is 1.63. The molecule has 0 aromatic carbocycles. The lowest BCUT2D eigenvalue weighted by Crippen LogP contribution is -2.42. The van der Waals surface area contributed by atoms with Crippen molar-refractivity contribution in [3.05, 3.63) is 23.8 Å². The Morgan fingerprint density at radius 2 is 1.90 bits per heavy atom. The fourth-order valence-corrected chi connectivity index (χ4v) is 4.28. The van der Waals surface area contributed by atoms with E-state index >= 15 is 0 Å². The summed E-state index contributed by atoms with van der Waals surface area (Å²) in [4.78, 5) is 2.71. The second kappa shape index (κ2) is 5.91. The Morgan fingerprint density at radius 1 is 0.952 bits per heavy atom. The zero-order valence-corrected chi connectivity index (χ0v) is 12.9. The number of aromatic nitrogens is 3. The summed E-state index contributed by atoms with van der Waals surface area (Å²) in [5.74, 6) is 2.48. The highest BCUT2D eigenvalue weighted by molar-refractivity contribution is 5.08. The van der Waals surface area contributed by atoms with E-state index in [4.69, 9.17) is 0 Å². The van der Waals surface area contributed by atoms with Crippen LogP contribution >= 0.6 is 0 Å². The Labute approximate surface area is 127 Å². The number of allylic oxidation sites excluding steroid dienone is 1. The second-order valence-electron chi connectivity index (χ2n) is 6.76. The summed E-state index contributed by atoms with van der Waals surface area (Å²) in [6.45, 7) is 2.35. The normalized spacial score (nSPS) is 30.3. The van der Waals surface area contributed by atoms with E-state index in [1.807, 2.05) is 0 Å². The Kier molecular flexibility index (Phi) is 3.80. The molecular formula is C17H26N4. The minimum Gasteiger partial charge on any atom is -0.314 e. The molecule has 1 fully saturated rings. The van der Waals surface area contributed by atoms with E-state index in [-0.39, 0.29) is 0 Å². The van der Waals surface area contributed by atoms with Crippen molar-refractivity contribution < 1.29 is 0 Å². The predicted molar refractivity (Wildman–Crippen MR) is 83.0 cm³/mol. The van der Waals surface area contributed by atoms with Crippen molar-refractivity contribution >= 4 is 0 Å². The Bertz CT molecular complexity index is 519. The highest BCUT2D eigenvalue weighted by atomic mass is 15.3. The van der Waals surface area contributed by atoms with Gasteiger partial charge in [-0.1, -0.05) is 18.6 Å². The Hall–Kier alpha value is -1.16. The van der Waals surface area contributed by atoms with E-state index < -0.39 is 0 Å². The zero-order valence-electron chi connectivity index (χ0n) is 12.9. The van der Waals surface area contributed by atoms with Crippen LogP contribution in [0, 0.1) is 0 Å². The molecule has 4 heteroatoms. The molecule has 4 nitrogen and oxygen atoms in total. The molecule has 2 atom stereocenters. The summed E-state index contributed by atoms with van der Waals surface area (Å²) in [7, 11) is 0. The summed E-state index contributed by atoms with van der Waals surface area (Å²) in [5.41, 5.74) is 0. The van der Waals surface area contributed by atoms with Crippen LogP contribution in [0.4, 0.5) is 0 Å². The molecule has 1 saturated heterocycles. The third-order valence-electron chi connectivity index (χ3n) is 5.39. The first kappa shape index (κ1) is 13.5. The molecule has 1 aliphatic carbocycles. The molecule has 0 saturated carbocycles. The minimum absolute atomic E-state index is 0.492. The first-order valence-electron chi connectivity index (χ1n) is 8.78. The quantitative estimate of drug-likeness (QED) is 0.783. The van der Waals surface area contributed by atoms with Gasteiger partial charge in [0, 0.05) is 19.0 Å². The van der Waals surface area contributed by atoms with E-state index in [1.54, 1.807) is 0 Å². The average molecular weight is 286 g/mol. The number of piperidine rings is 1. The highest BCUT2D eigenvalue weighted by Gasteiger charge is 2.33. The summed E-state index contributed by atoms with van der Waals surface area (Å²) < 4.78 is 2.43. The fraction of sp³-hybridized carbons (Fsp3) is 0.765. The van der Waals surface area contributed by atoms with E-state index in [1.165, 1.54) is 69.6 Å². The van der Waals surface area contributed by atoms with Gasteiger partial charge in [0.05, 0.1) is 6.04 Å². The summed E-state index contributed by atoms with van der Waals surface area (Å²) >= 11 is 0. The van der Waals surface area contributed by atoms with Gasteiger partial charge in [-0.3, -0.25) is 4.90 Å². The third kappa shape index (κ3) is 2.54. The van der Waals surface area contributed by atoms with Crippen LogP contribution in [0.2, 0.25) is 0 Å². The van der Waals surface area contributed by atoms with Gasteiger partial charge in [0.15, 0.2) is 0 Å².